The van der Waals surface area contributed by atoms with Crippen LogP contribution in [0.5, 0.6) is 0 Å². The predicted molar refractivity (Wildman–Crippen MR) is 67.7 cm³/mol. The van der Waals surface area contributed by atoms with Crippen LogP contribution in [0.4, 0.5) is 11.4 Å². The van der Waals surface area contributed by atoms with E-state index in [1.54, 1.807) is 31.9 Å². The number of benzene rings is 1. The number of likely N-dealkylation sites (N-methyl/N-ethyl adjacent to an activating group) is 1. The molecular formula is C11H15ClN2O3. The lowest BCUT2D eigenvalue weighted by atomic mass is 10.1. The van der Waals surface area contributed by atoms with E-state index in [0.717, 1.165) is 0 Å². The lowest BCUT2D eigenvalue weighted by Gasteiger charge is -2.27. The number of hydrogen-bond acceptors (Lipinski definition) is 4. The van der Waals surface area contributed by atoms with Gasteiger partial charge in [-0.05, 0) is 19.9 Å². The maximum absolute atomic E-state index is 10.6. The Hall–Kier alpha value is -1.33. The maximum Gasteiger partial charge on any atom is 0.271 e. The number of halogens is 1. The normalized spacial score (nSPS) is 11.4. The van der Waals surface area contributed by atoms with Crippen molar-refractivity contribution in [1.29, 1.82) is 0 Å². The van der Waals surface area contributed by atoms with Gasteiger partial charge < -0.3 is 10.0 Å². The Kier molecular flexibility index (Phi) is 3.95. The predicted octanol–water partition coefficient (Wildman–Crippen LogP) is 2.46. The Morgan fingerprint density at radius 3 is 2.53 bits per heavy atom. The van der Waals surface area contributed by atoms with Crippen LogP contribution in [-0.2, 0) is 0 Å². The van der Waals surface area contributed by atoms with Crippen LogP contribution in [-0.4, -0.2) is 29.2 Å². The molecule has 0 spiro atoms. The summed E-state index contributed by atoms with van der Waals surface area (Å²) in [6, 6.07) is 4.27. The van der Waals surface area contributed by atoms with Crippen LogP contribution >= 0.6 is 11.6 Å². The number of nitro groups is 1. The first-order chi connectivity index (χ1) is 7.70. The SMILES string of the molecule is CN(CC(C)(C)O)c1ccc([N+](=O)[O-])cc1Cl. The zero-order valence-corrected chi connectivity index (χ0v) is 10.7. The van der Waals surface area contributed by atoms with Gasteiger partial charge in [-0.1, -0.05) is 11.6 Å². The summed E-state index contributed by atoms with van der Waals surface area (Å²) in [6.45, 7) is 3.75. The number of rotatable bonds is 4. The van der Waals surface area contributed by atoms with E-state index in [-0.39, 0.29) is 5.69 Å². The van der Waals surface area contributed by atoms with Gasteiger partial charge in [-0.2, -0.15) is 0 Å². The van der Waals surface area contributed by atoms with Crippen molar-refractivity contribution in [3.05, 3.63) is 33.3 Å². The molecule has 1 rings (SSSR count). The summed E-state index contributed by atoms with van der Waals surface area (Å²) < 4.78 is 0. The van der Waals surface area contributed by atoms with Crippen LogP contribution < -0.4 is 4.90 Å². The van der Waals surface area contributed by atoms with Crippen molar-refractivity contribution in [3.63, 3.8) is 0 Å². The maximum atomic E-state index is 10.6. The number of anilines is 1. The Morgan fingerprint density at radius 2 is 2.12 bits per heavy atom. The van der Waals surface area contributed by atoms with Gasteiger partial charge in [0.1, 0.15) is 0 Å². The molecule has 0 fully saturated rings. The molecule has 17 heavy (non-hydrogen) atoms. The molecule has 0 radical (unpaired) electrons. The molecule has 0 saturated heterocycles. The Bertz CT molecular complexity index is 429. The minimum Gasteiger partial charge on any atom is -0.389 e. The van der Waals surface area contributed by atoms with Crippen molar-refractivity contribution in [2.75, 3.05) is 18.5 Å². The minimum atomic E-state index is -0.861. The van der Waals surface area contributed by atoms with E-state index in [0.29, 0.717) is 17.3 Å². The van der Waals surface area contributed by atoms with Gasteiger partial charge >= 0.3 is 0 Å². The van der Waals surface area contributed by atoms with Gasteiger partial charge in [-0.15, -0.1) is 0 Å². The van der Waals surface area contributed by atoms with Crippen molar-refractivity contribution in [3.8, 4) is 0 Å². The van der Waals surface area contributed by atoms with Gasteiger partial charge in [0.2, 0.25) is 0 Å². The van der Waals surface area contributed by atoms with Crippen molar-refractivity contribution < 1.29 is 10.0 Å². The second kappa shape index (κ2) is 4.89. The molecule has 0 aliphatic rings. The monoisotopic (exact) mass is 258 g/mol. The number of hydrogen-bond donors (Lipinski definition) is 1. The average Bonchev–Trinajstić information content (AvgIpc) is 2.14. The molecule has 0 amide bonds. The molecule has 0 aromatic heterocycles. The lowest BCUT2D eigenvalue weighted by molar-refractivity contribution is -0.384. The van der Waals surface area contributed by atoms with E-state index < -0.39 is 10.5 Å². The largest absolute Gasteiger partial charge is 0.389 e. The molecule has 1 aromatic carbocycles. The Labute approximate surface area is 105 Å². The fraction of sp³-hybridized carbons (Fsp3) is 0.455. The van der Waals surface area contributed by atoms with Gasteiger partial charge in [0.15, 0.2) is 0 Å². The Balaban J connectivity index is 2.96. The summed E-state index contributed by atoms with van der Waals surface area (Å²) in [7, 11) is 1.77. The van der Waals surface area contributed by atoms with E-state index in [2.05, 4.69) is 0 Å². The van der Waals surface area contributed by atoms with E-state index in [4.69, 9.17) is 11.6 Å². The summed E-state index contributed by atoms with van der Waals surface area (Å²) in [5.74, 6) is 0. The number of non-ortho nitro benzene ring substituents is 1. The number of aliphatic hydroxyl groups is 1. The molecule has 0 unspecified atom stereocenters. The molecule has 94 valence electrons. The standard InChI is InChI=1S/C11H15ClN2O3/c1-11(2,15)7-13(3)10-5-4-8(14(16)17)6-9(10)12/h4-6,15H,7H2,1-3H3. The molecule has 0 bridgehead atoms. The lowest BCUT2D eigenvalue weighted by Crippen LogP contribution is -2.36. The highest BCUT2D eigenvalue weighted by Gasteiger charge is 2.18. The van der Waals surface area contributed by atoms with Gasteiger partial charge in [0.25, 0.3) is 5.69 Å². The van der Waals surface area contributed by atoms with Crippen LogP contribution in [0.2, 0.25) is 5.02 Å². The summed E-state index contributed by atoms with van der Waals surface area (Å²) >= 11 is 5.97. The van der Waals surface area contributed by atoms with E-state index in [1.807, 2.05) is 0 Å². The minimum absolute atomic E-state index is 0.0459. The highest BCUT2D eigenvalue weighted by Crippen LogP contribution is 2.29. The van der Waals surface area contributed by atoms with Crippen molar-refractivity contribution >= 4 is 23.0 Å². The molecule has 5 nitrogen and oxygen atoms in total. The summed E-state index contributed by atoms with van der Waals surface area (Å²) in [5.41, 5.74) is -0.255. The molecule has 0 aliphatic carbocycles. The van der Waals surface area contributed by atoms with Gasteiger partial charge in [-0.25, -0.2) is 0 Å². The first-order valence-corrected chi connectivity index (χ1v) is 5.46. The van der Waals surface area contributed by atoms with Gasteiger partial charge in [0, 0.05) is 25.7 Å². The molecule has 0 saturated carbocycles. The third-order valence-electron chi connectivity index (χ3n) is 2.18. The quantitative estimate of drug-likeness (QED) is 0.665. The molecule has 6 heteroatoms. The van der Waals surface area contributed by atoms with E-state index in [1.165, 1.54) is 12.1 Å². The van der Waals surface area contributed by atoms with E-state index >= 15 is 0 Å². The zero-order valence-electron chi connectivity index (χ0n) is 9.98. The van der Waals surface area contributed by atoms with Crippen LogP contribution in [0.1, 0.15) is 13.8 Å². The van der Waals surface area contributed by atoms with Crippen molar-refractivity contribution in [1.82, 2.24) is 0 Å². The molecule has 0 heterocycles. The Morgan fingerprint density at radius 1 is 1.53 bits per heavy atom. The first-order valence-electron chi connectivity index (χ1n) is 5.08. The second-order valence-electron chi connectivity index (χ2n) is 4.56. The second-order valence-corrected chi connectivity index (χ2v) is 4.97. The third kappa shape index (κ3) is 3.87. The average molecular weight is 259 g/mol. The highest BCUT2D eigenvalue weighted by atomic mass is 35.5. The van der Waals surface area contributed by atoms with Crippen LogP contribution in [0.25, 0.3) is 0 Å². The fourth-order valence-corrected chi connectivity index (χ4v) is 1.90. The highest BCUT2D eigenvalue weighted by molar-refractivity contribution is 6.33. The molecule has 0 aliphatic heterocycles. The van der Waals surface area contributed by atoms with Crippen LogP contribution in [0.3, 0.4) is 0 Å². The molecule has 1 N–H and O–H groups in total. The molecule has 0 atom stereocenters. The fourth-order valence-electron chi connectivity index (χ4n) is 1.58. The van der Waals surface area contributed by atoms with E-state index in [9.17, 15) is 15.2 Å². The smallest absolute Gasteiger partial charge is 0.271 e. The topological polar surface area (TPSA) is 66.6 Å². The van der Waals surface area contributed by atoms with Crippen LogP contribution in [0.15, 0.2) is 18.2 Å². The molecular weight excluding hydrogens is 244 g/mol. The van der Waals surface area contributed by atoms with Crippen molar-refractivity contribution in [2.24, 2.45) is 0 Å². The van der Waals surface area contributed by atoms with Crippen molar-refractivity contribution in [2.45, 2.75) is 19.4 Å². The zero-order chi connectivity index (χ0) is 13.2. The first kappa shape index (κ1) is 13.7. The summed E-state index contributed by atoms with van der Waals surface area (Å²) in [5, 5.41) is 20.5. The van der Waals surface area contributed by atoms with Crippen LogP contribution in [0, 0.1) is 10.1 Å². The summed E-state index contributed by atoms with van der Waals surface area (Å²) in [6.07, 6.45) is 0. The molecule has 1 aromatic rings. The van der Waals surface area contributed by atoms with Gasteiger partial charge in [0.05, 0.1) is 21.2 Å². The summed E-state index contributed by atoms with van der Waals surface area (Å²) in [4.78, 5) is 11.8. The number of nitrogens with zero attached hydrogens (tertiary/aromatic N) is 2. The number of nitro benzene ring substituents is 1. The van der Waals surface area contributed by atoms with Gasteiger partial charge in [-0.3, -0.25) is 10.1 Å². The third-order valence-corrected chi connectivity index (χ3v) is 2.48.